The minimum atomic E-state index is -0.529. The first-order valence-electron chi connectivity index (χ1n) is 7.95. The molecule has 2 aromatic rings. The van der Waals surface area contributed by atoms with Crippen molar-refractivity contribution in [1.82, 2.24) is 9.88 Å². The Balaban J connectivity index is 1.86. The van der Waals surface area contributed by atoms with Crippen molar-refractivity contribution in [2.45, 2.75) is 39.0 Å². The SMILES string of the molecule is CN(C(=O)OC(C)(C)C)C1OCCc2sc(-c3cccnc3)cc21. The summed E-state index contributed by atoms with van der Waals surface area (Å²) in [5.41, 5.74) is 1.59. The van der Waals surface area contributed by atoms with Gasteiger partial charge in [0.25, 0.3) is 0 Å². The molecule has 0 fully saturated rings. The number of thiophene rings is 1. The zero-order chi connectivity index (χ0) is 17.3. The summed E-state index contributed by atoms with van der Waals surface area (Å²) in [6.45, 7) is 6.17. The number of ether oxygens (including phenoxy) is 2. The van der Waals surface area contributed by atoms with Gasteiger partial charge in [0.05, 0.1) is 6.61 Å². The lowest BCUT2D eigenvalue weighted by molar-refractivity contribution is -0.0655. The first-order valence-corrected chi connectivity index (χ1v) is 8.77. The number of aromatic nitrogens is 1. The minimum Gasteiger partial charge on any atom is -0.444 e. The molecule has 0 saturated heterocycles. The third-order valence-electron chi connectivity index (χ3n) is 3.69. The molecule has 1 aliphatic heterocycles. The molecule has 1 aliphatic rings. The number of hydrogen-bond acceptors (Lipinski definition) is 5. The van der Waals surface area contributed by atoms with Crippen LogP contribution in [0.4, 0.5) is 4.79 Å². The molecule has 1 atom stereocenters. The van der Waals surface area contributed by atoms with Crippen molar-refractivity contribution in [2.75, 3.05) is 13.7 Å². The third kappa shape index (κ3) is 3.60. The van der Waals surface area contributed by atoms with Gasteiger partial charge in [0.15, 0.2) is 6.23 Å². The molecule has 2 aromatic heterocycles. The van der Waals surface area contributed by atoms with Crippen LogP contribution in [-0.2, 0) is 15.9 Å². The number of amides is 1. The van der Waals surface area contributed by atoms with Crippen LogP contribution in [0.1, 0.15) is 37.4 Å². The molecule has 0 saturated carbocycles. The number of carbonyl (C=O) groups is 1. The van der Waals surface area contributed by atoms with Gasteiger partial charge < -0.3 is 9.47 Å². The van der Waals surface area contributed by atoms with Crippen LogP contribution in [0.5, 0.6) is 0 Å². The molecule has 1 amide bonds. The number of pyridine rings is 1. The highest BCUT2D eigenvalue weighted by Crippen LogP contribution is 2.39. The second-order valence-corrected chi connectivity index (χ2v) is 7.93. The first kappa shape index (κ1) is 16.9. The molecule has 0 N–H and O–H groups in total. The van der Waals surface area contributed by atoms with Crippen molar-refractivity contribution in [3.8, 4) is 10.4 Å². The van der Waals surface area contributed by atoms with Crippen LogP contribution in [0.25, 0.3) is 10.4 Å². The topological polar surface area (TPSA) is 51.7 Å². The van der Waals surface area contributed by atoms with Crippen molar-refractivity contribution in [3.63, 3.8) is 0 Å². The Bertz CT molecular complexity index is 722. The molecule has 128 valence electrons. The number of rotatable bonds is 2. The maximum Gasteiger partial charge on any atom is 0.412 e. The van der Waals surface area contributed by atoms with Gasteiger partial charge in [-0.1, -0.05) is 6.07 Å². The summed E-state index contributed by atoms with van der Waals surface area (Å²) in [6.07, 6.45) is 3.68. The highest BCUT2D eigenvalue weighted by Gasteiger charge is 2.32. The molecule has 0 bridgehead atoms. The Kier molecular flexibility index (Phi) is 4.60. The lowest BCUT2D eigenvalue weighted by atomic mass is 10.1. The summed E-state index contributed by atoms with van der Waals surface area (Å²) in [7, 11) is 1.72. The van der Waals surface area contributed by atoms with Crippen LogP contribution in [-0.4, -0.2) is 35.2 Å². The lowest BCUT2D eigenvalue weighted by Crippen LogP contribution is -2.39. The molecular weight excluding hydrogens is 324 g/mol. The second-order valence-electron chi connectivity index (χ2n) is 6.80. The average Bonchev–Trinajstić information content (AvgIpc) is 2.97. The van der Waals surface area contributed by atoms with Crippen LogP contribution < -0.4 is 0 Å². The maximum absolute atomic E-state index is 12.4. The Hall–Kier alpha value is -1.92. The Morgan fingerprint density at radius 1 is 1.46 bits per heavy atom. The van der Waals surface area contributed by atoms with Crippen LogP contribution in [0, 0.1) is 0 Å². The van der Waals surface area contributed by atoms with E-state index in [9.17, 15) is 4.79 Å². The summed E-state index contributed by atoms with van der Waals surface area (Å²) in [5, 5.41) is 0. The Morgan fingerprint density at radius 2 is 2.25 bits per heavy atom. The zero-order valence-electron chi connectivity index (χ0n) is 14.4. The summed E-state index contributed by atoms with van der Waals surface area (Å²) >= 11 is 1.74. The fourth-order valence-electron chi connectivity index (χ4n) is 2.60. The van der Waals surface area contributed by atoms with Gasteiger partial charge in [0.1, 0.15) is 5.60 Å². The number of fused-ring (bicyclic) bond motifs is 1. The zero-order valence-corrected chi connectivity index (χ0v) is 15.2. The highest BCUT2D eigenvalue weighted by atomic mass is 32.1. The van der Waals surface area contributed by atoms with E-state index < -0.39 is 11.8 Å². The van der Waals surface area contributed by atoms with E-state index in [0.29, 0.717) is 6.61 Å². The molecule has 3 rings (SSSR count). The standard InChI is InChI=1S/C18H22N2O3S/c1-18(2,3)23-17(21)20(4)16-13-10-15(12-6-5-8-19-11-12)24-14(13)7-9-22-16/h5-6,8,10-11,16H,7,9H2,1-4H3. The summed E-state index contributed by atoms with van der Waals surface area (Å²) in [6, 6.07) is 6.06. The third-order valence-corrected chi connectivity index (χ3v) is 4.95. The van der Waals surface area contributed by atoms with Crippen molar-refractivity contribution in [3.05, 3.63) is 41.0 Å². The van der Waals surface area contributed by atoms with Gasteiger partial charge in [-0.15, -0.1) is 11.3 Å². The van der Waals surface area contributed by atoms with E-state index in [-0.39, 0.29) is 6.09 Å². The Labute approximate surface area is 146 Å². The lowest BCUT2D eigenvalue weighted by Gasteiger charge is -2.32. The van der Waals surface area contributed by atoms with Crippen molar-refractivity contribution < 1.29 is 14.3 Å². The largest absolute Gasteiger partial charge is 0.444 e. The molecule has 0 spiro atoms. The summed E-state index contributed by atoms with van der Waals surface area (Å²) in [5.74, 6) is 0. The van der Waals surface area contributed by atoms with E-state index in [4.69, 9.17) is 9.47 Å². The van der Waals surface area contributed by atoms with Gasteiger partial charge in [0, 0.05) is 46.7 Å². The molecule has 6 heteroatoms. The van der Waals surface area contributed by atoms with Crippen LogP contribution >= 0.6 is 11.3 Å². The van der Waals surface area contributed by atoms with Gasteiger partial charge in [-0.3, -0.25) is 9.88 Å². The molecule has 0 aliphatic carbocycles. The summed E-state index contributed by atoms with van der Waals surface area (Å²) in [4.78, 5) is 20.5. The smallest absolute Gasteiger partial charge is 0.412 e. The highest BCUT2D eigenvalue weighted by molar-refractivity contribution is 7.15. The van der Waals surface area contributed by atoms with Crippen molar-refractivity contribution in [2.24, 2.45) is 0 Å². The van der Waals surface area contributed by atoms with E-state index >= 15 is 0 Å². The predicted molar refractivity (Wildman–Crippen MR) is 93.9 cm³/mol. The minimum absolute atomic E-state index is 0.380. The van der Waals surface area contributed by atoms with E-state index in [2.05, 4.69) is 11.1 Å². The number of hydrogen-bond donors (Lipinski definition) is 0. The molecule has 5 nitrogen and oxygen atoms in total. The number of carbonyl (C=O) groups excluding carboxylic acids is 1. The molecule has 3 heterocycles. The van der Waals surface area contributed by atoms with Gasteiger partial charge in [0.2, 0.25) is 0 Å². The van der Waals surface area contributed by atoms with Crippen LogP contribution in [0.3, 0.4) is 0 Å². The number of nitrogens with zero attached hydrogens (tertiary/aromatic N) is 2. The quantitative estimate of drug-likeness (QED) is 0.816. The van der Waals surface area contributed by atoms with Crippen molar-refractivity contribution >= 4 is 17.4 Å². The second kappa shape index (κ2) is 6.53. The molecular formula is C18H22N2O3S. The normalized spacial score (nSPS) is 17.2. The molecule has 0 aromatic carbocycles. The van der Waals surface area contributed by atoms with E-state index in [1.54, 1.807) is 24.6 Å². The van der Waals surface area contributed by atoms with E-state index in [1.165, 1.54) is 9.78 Å². The first-order chi connectivity index (χ1) is 11.3. The monoisotopic (exact) mass is 346 g/mol. The predicted octanol–water partition coefficient (Wildman–Crippen LogP) is 4.25. The van der Waals surface area contributed by atoms with E-state index in [1.807, 2.05) is 39.1 Å². The van der Waals surface area contributed by atoms with Crippen molar-refractivity contribution in [1.29, 1.82) is 0 Å². The van der Waals surface area contributed by atoms with Gasteiger partial charge in [-0.2, -0.15) is 0 Å². The fraction of sp³-hybridized carbons (Fsp3) is 0.444. The maximum atomic E-state index is 12.4. The average molecular weight is 346 g/mol. The fourth-order valence-corrected chi connectivity index (χ4v) is 3.75. The van der Waals surface area contributed by atoms with Gasteiger partial charge >= 0.3 is 6.09 Å². The van der Waals surface area contributed by atoms with E-state index in [0.717, 1.165) is 22.4 Å². The van der Waals surface area contributed by atoms with Crippen LogP contribution in [0.15, 0.2) is 30.6 Å². The molecule has 1 unspecified atom stereocenters. The molecule has 24 heavy (non-hydrogen) atoms. The summed E-state index contributed by atoms with van der Waals surface area (Å²) < 4.78 is 11.3. The van der Waals surface area contributed by atoms with Gasteiger partial charge in [-0.05, 0) is 32.9 Å². The Morgan fingerprint density at radius 3 is 2.92 bits per heavy atom. The van der Waals surface area contributed by atoms with Gasteiger partial charge in [-0.25, -0.2) is 4.79 Å². The molecule has 0 radical (unpaired) electrons. The van der Waals surface area contributed by atoms with Crippen LogP contribution in [0.2, 0.25) is 0 Å².